The minimum atomic E-state index is -0.265. The van der Waals surface area contributed by atoms with Crippen molar-refractivity contribution in [1.29, 1.82) is 0 Å². The van der Waals surface area contributed by atoms with E-state index in [0.717, 1.165) is 0 Å². The minimum absolute atomic E-state index is 0.199. The molecule has 0 aliphatic carbocycles. The van der Waals surface area contributed by atoms with Gasteiger partial charge in [0, 0.05) is 21.1 Å². The second-order valence-corrected chi connectivity index (χ2v) is 3.33. The van der Waals surface area contributed by atoms with E-state index in [-0.39, 0.29) is 19.4 Å². The third-order valence-electron chi connectivity index (χ3n) is 1.80. The number of nitrogens with one attached hydrogen (secondary N) is 1. The standard InChI is InChI=1S/C8H16N6O2/c1-13(2)7-10-6(9-4-15)11-8(12-7)14(3)5-16/h15-16H,4-5H2,1-3H3,(H,9,10,11,12). The van der Waals surface area contributed by atoms with E-state index in [1.165, 1.54) is 4.90 Å². The molecule has 0 atom stereocenters. The van der Waals surface area contributed by atoms with Crippen LogP contribution in [-0.2, 0) is 0 Å². The molecule has 0 aliphatic heterocycles. The second-order valence-electron chi connectivity index (χ2n) is 3.33. The van der Waals surface area contributed by atoms with E-state index in [1.54, 1.807) is 26.0 Å². The van der Waals surface area contributed by atoms with Crippen molar-refractivity contribution in [2.75, 3.05) is 49.7 Å². The molecule has 1 rings (SSSR count). The summed E-state index contributed by atoms with van der Waals surface area (Å²) in [5.41, 5.74) is 0. The van der Waals surface area contributed by atoms with Crippen molar-refractivity contribution in [3.63, 3.8) is 0 Å². The number of hydrogen-bond donors (Lipinski definition) is 3. The van der Waals surface area contributed by atoms with Gasteiger partial charge in [-0.15, -0.1) is 0 Å². The molecule has 0 amide bonds. The van der Waals surface area contributed by atoms with E-state index in [1.807, 2.05) is 0 Å². The molecule has 8 heteroatoms. The fourth-order valence-corrected chi connectivity index (χ4v) is 0.938. The molecule has 0 fully saturated rings. The second kappa shape index (κ2) is 5.42. The number of hydrogen-bond acceptors (Lipinski definition) is 8. The highest BCUT2D eigenvalue weighted by Crippen LogP contribution is 2.13. The first-order valence-corrected chi connectivity index (χ1v) is 4.68. The molecule has 8 nitrogen and oxygen atoms in total. The topological polar surface area (TPSA) is 97.6 Å². The zero-order valence-corrected chi connectivity index (χ0v) is 9.54. The highest BCUT2D eigenvalue weighted by atomic mass is 16.3. The Morgan fingerprint density at radius 1 is 1.06 bits per heavy atom. The van der Waals surface area contributed by atoms with Gasteiger partial charge in [-0.05, 0) is 0 Å². The highest BCUT2D eigenvalue weighted by molar-refractivity contribution is 5.43. The quantitative estimate of drug-likeness (QED) is 0.534. The smallest absolute Gasteiger partial charge is 0.233 e. The van der Waals surface area contributed by atoms with E-state index < -0.39 is 0 Å². The van der Waals surface area contributed by atoms with Crippen molar-refractivity contribution in [2.24, 2.45) is 0 Å². The SMILES string of the molecule is CN(C)c1nc(NCO)nc(N(C)CO)n1. The van der Waals surface area contributed by atoms with Crippen LogP contribution in [0.25, 0.3) is 0 Å². The Labute approximate surface area is 93.6 Å². The van der Waals surface area contributed by atoms with Crippen molar-refractivity contribution in [3.05, 3.63) is 0 Å². The lowest BCUT2D eigenvalue weighted by Crippen LogP contribution is -2.24. The summed E-state index contributed by atoms with van der Waals surface area (Å²) < 4.78 is 0. The van der Waals surface area contributed by atoms with Crippen molar-refractivity contribution < 1.29 is 10.2 Å². The highest BCUT2D eigenvalue weighted by Gasteiger charge is 2.10. The van der Waals surface area contributed by atoms with Crippen LogP contribution in [-0.4, -0.2) is 59.8 Å². The molecule has 0 bridgehead atoms. The molecular formula is C8H16N6O2. The molecule has 0 saturated heterocycles. The Morgan fingerprint density at radius 3 is 2.19 bits per heavy atom. The van der Waals surface area contributed by atoms with Gasteiger partial charge in [-0.3, -0.25) is 0 Å². The van der Waals surface area contributed by atoms with Gasteiger partial charge in [-0.2, -0.15) is 15.0 Å². The molecule has 1 aromatic rings. The predicted molar refractivity (Wildman–Crippen MR) is 60.4 cm³/mol. The lowest BCUT2D eigenvalue weighted by molar-refractivity contribution is 0.296. The molecule has 0 saturated carbocycles. The number of anilines is 3. The average molecular weight is 228 g/mol. The van der Waals surface area contributed by atoms with Crippen molar-refractivity contribution in [1.82, 2.24) is 15.0 Å². The summed E-state index contributed by atoms with van der Waals surface area (Å²) in [6.45, 7) is -0.464. The molecule has 90 valence electrons. The Morgan fingerprint density at radius 2 is 1.69 bits per heavy atom. The number of nitrogens with zero attached hydrogens (tertiary/aromatic N) is 5. The number of aliphatic hydroxyl groups is 2. The van der Waals surface area contributed by atoms with Crippen LogP contribution in [0.5, 0.6) is 0 Å². The Kier molecular flexibility index (Phi) is 4.20. The molecule has 1 heterocycles. The molecule has 16 heavy (non-hydrogen) atoms. The van der Waals surface area contributed by atoms with Gasteiger partial charge < -0.3 is 25.3 Å². The maximum atomic E-state index is 8.98. The minimum Gasteiger partial charge on any atom is -0.376 e. The van der Waals surface area contributed by atoms with Crippen LogP contribution in [0.2, 0.25) is 0 Å². The molecule has 0 unspecified atom stereocenters. The maximum Gasteiger partial charge on any atom is 0.233 e. The van der Waals surface area contributed by atoms with Gasteiger partial charge in [0.05, 0.1) is 0 Å². The average Bonchev–Trinajstić information content (AvgIpc) is 2.28. The first-order valence-electron chi connectivity index (χ1n) is 4.68. The molecule has 0 spiro atoms. The van der Waals surface area contributed by atoms with Gasteiger partial charge in [0.1, 0.15) is 13.5 Å². The summed E-state index contributed by atoms with van der Waals surface area (Å²) >= 11 is 0. The van der Waals surface area contributed by atoms with E-state index in [9.17, 15) is 0 Å². The van der Waals surface area contributed by atoms with E-state index in [0.29, 0.717) is 11.9 Å². The number of aromatic nitrogens is 3. The van der Waals surface area contributed by atoms with Crippen LogP contribution in [0.4, 0.5) is 17.8 Å². The maximum absolute atomic E-state index is 8.98. The van der Waals surface area contributed by atoms with Crippen molar-refractivity contribution in [2.45, 2.75) is 0 Å². The van der Waals surface area contributed by atoms with Crippen LogP contribution in [0.1, 0.15) is 0 Å². The van der Waals surface area contributed by atoms with Gasteiger partial charge >= 0.3 is 0 Å². The molecule has 0 radical (unpaired) electrons. The number of aliphatic hydroxyl groups excluding tert-OH is 2. The van der Waals surface area contributed by atoms with Crippen LogP contribution in [0, 0.1) is 0 Å². The van der Waals surface area contributed by atoms with Gasteiger partial charge in [0.15, 0.2) is 0 Å². The fraction of sp³-hybridized carbons (Fsp3) is 0.625. The monoisotopic (exact) mass is 228 g/mol. The molecule has 0 aliphatic rings. The zero-order chi connectivity index (χ0) is 12.1. The molecule has 1 aromatic heterocycles. The predicted octanol–water partition coefficient (Wildman–Crippen LogP) is -1.31. The van der Waals surface area contributed by atoms with Crippen LogP contribution in [0.3, 0.4) is 0 Å². The first-order chi connectivity index (χ1) is 7.58. The normalized spacial score (nSPS) is 10.1. The van der Waals surface area contributed by atoms with Crippen molar-refractivity contribution in [3.8, 4) is 0 Å². The summed E-state index contributed by atoms with van der Waals surface area (Å²) in [5.74, 6) is 1.04. The third kappa shape index (κ3) is 2.91. The summed E-state index contributed by atoms with van der Waals surface area (Å²) in [6.07, 6.45) is 0. The largest absolute Gasteiger partial charge is 0.376 e. The lowest BCUT2D eigenvalue weighted by atomic mass is 10.7. The van der Waals surface area contributed by atoms with E-state index in [4.69, 9.17) is 10.2 Å². The Bertz CT molecular complexity index is 345. The third-order valence-corrected chi connectivity index (χ3v) is 1.80. The van der Waals surface area contributed by atoms with Gasteiger partial charge in [-0.1, -0.05) is 0 Å². The molecule has 3 N–H and O–H groups in total. The van der Waals surface area contributed by atoms with Gasteiger partial charge in [0.2, 0.25) is 17.8 Å². The fourth-order valence-electron chi connectivity index (χ4n) is 0.938. The number of rotatable bonds is 5. The van der Waals surface area contributed by atoms with Crippen LogP contribution >= 0.6 is 0 Å². The van der Waals surface area contributed by atoms with Gasteiger partial charge in [0.25, 0.3) is 0 Å². The zero-order valence-electron chi connectivity index (χ0n) is 9.54. The van der Waals surface area contributed by atoms with Gasteiger partial charge in [-0.25, -0.2) is 0 Å². The molecule has 0 aromatic carbocycles. The van der Waals surface area contributed by atoms with E-state index >= 15 is 0 Å². The molecular weight excluding hydrogens is 212 g/mol. The lowest BCUT2D eigenvalue weighted by Gasteiger charge is -2.17. The summed E-state index contributed by atoms with van der Waals surface area (Å²) in [4.78, 5) is 15.4. The summed E-state index contributed by atoms with van der Waals surface area (Å²) in [7, 11) is 5.24. The Hall–Kier alpha value is -1.67. The summed E-state index contributed by atoms with van der Waals surface area (Å²) in [6, 6.07) is 0. The van der Waals surface area contributed by atoms with Crippen molar-refractivity contribution >= 4 is 17.8 Å². The summed E-state index contributed by atoms with van der Waals surface area (Å²) in [5, 5.41) is 20.3. The van der Waals surface area contributed by atoms with Crippen LogP contribution < -0.4 is 15.1 Å². The first kappa shape index (κ1) is 12.4. The van der Waals surface area contributed by atoms with Crippen LogP contribution in [0.15, 0.2) is 0 Å². The Balaban J connectivity index is 3.08. The van der Waals surface area contributed by atoms with E-state index in [2.05, 4.69) is 20.3 Å².